The second kappa shape index (κ2) is 5.72. The van der Waals surface area contributed by atoms with E-state index in [1.54, 1.807) is 16.9 Å². The minimum absolute atomic E-state index is 0.0888. The minimum Gasteiger partial charge on any atom is -0.388 e. The Bertz CT molecular complexity index is 568. The van der Waals surface area contributed by atoms with E-state index in [4.69, 9.17) is 11.6 Å². The van der Waals surface area contributed by atoms with Crippen LogP contribution >= 0.6 is 11.6 Å². The molecule has 0 spiro atoms. The summed E-state index contributed by atoms with van der Waals surface area (Å²) in [6, 6.07) is 4.80. The van der Waals surface area contributed by atoms with Crippen LogP contribution in [-0.2, 0) is 6.42 Å². The Balaban J connectivity index is 2.11. The van der Waals surface area contributed by atoms with Gasteiger partial charge in [-0.1, -0.05) is 17.7 Å². The number of aliphatic hydroxyl groups is 1. The van der Waals surface area contributed by atoms with Gasteiger partial charge >= 0.3 is 0 Å². The zero-order valence-electron chi connectivity index (χ0n) is 10.8. The van der Waals surface area contributed by atoms with Crippen LogP contribution in [-0.4, -0.2) is 14.9 Å². The molecule has 1 heterocycles. The first-order valence-electron chi connectivity index (χ1n) is 6.13. The summed E-state index contributed by atoms with van der Waals surface area (Å²) in [5.74, 6) is -0.468. The smallest absolute Gasteiger partial charge is 0.142 e. The van der Waals surface area contributed by atoms with Crippen LogP contribution in [0.2, 0.25) is 5.02 Å². The molecule has 1 aromatic carbocycles. The van der Waals surface area contributed by atoms with E-state index in [-0.39, 0.29) is 11.1 Å². The van der Waals surface area contributed by atoms with E-state index in [0.29, 0.717) is 12.0 Å². The molecule has 0 saturated carbocycles. The molecule has 0 amide bonds. The molecule has 1 atom stereocenters. The van der Waals surface area contributed by atoms with Gasteiger partial charge in [-0.2, -0.15) is 5.10 Å². The van der Waals surface area contributed by atoms with Gasteiger partial charge in [0.15, 0.2) is 0 Å². The van der Waals surface area contributed by atoms with Crippen molar-refractivity contribution >= 4 is 11.6 Å². The van der Waals surface area contributed by atoms with Crippen LogP contribution in [0.5, 0.6) is 0 Å². The SMILES string of the molecule is CC(C)n1cc(C(O)Cc2ccc(Cl)c(F)c2)cn1. The quantitative estimate of drug-likeness (QED) is 0.931. The second-order valence-corrected chi connectivity index (χ2v) is 5.22. The Labute approximate surface area is 116 Å². The van der Waals surface area contributed by atoms with E-state index < -0.39 is 11.9 Å². The van der Waals surface area contributed by atoms with Gasteiger partial charge in [-0.25, -0.2) is 4.39 Å². The van der Waals surface area contributed by atoms with E-state index >= 15 is 0 Å². The minimum atomic E-state index is -0.701. The van der Waals surface area contributed by atoms with E-state index in [0.717, 1.165) is 5.56 Å². The van der Waals surface area contributed by atoms with Gasteiger partial charge in [0, 0.05) is 24.2 Å². The van der Waals surface area contributed by atoms with Crippen molar-refractivity contribution in [2.75, 3.05) is 0 Å². The van der Waals surface area contributed by atoms with Crippen molar-refractivity contribution in [3.63, 3.8) is 0 Å². The summed E-state index contributed by atoms with van der Waals surface area (Å²) < 4.78 is 15.1. The van der Waals surface area contributed by atoms with Crippen molar-refractivity contribution in [1.29, 1.82) is 0 Å². The first kappa shape index (κ1) is 14.0. The number of rotatable bonds is 4. The fourth-order valence-corrected chi connectivity index (χ4v) is 1.93. The van der Waals surface area contributed by atoms with Gasteiger partial charge in [-0.05, 0) is 31.5 Å². The van der Waals surface area contributed by atoms with Gasteiger partial charge in [-0.3, -0.25) is 4.68 Å². The molecule has 1 N–H and O–H groups in total. The predicted molar refractivity (Wildman–Crippen MR) is 72.7 cm³/mol. The maximum absolute atomic E-state index is 13.3. The monoisotopic (exact) mass is 282 g/mol. The molecular weight excluding hydrogens is 267 g/mol. The first-order valence-corrected chi connectivity index (χ1v) is 6.51. The molecule has 2 aromatic rings. The Hall–Kier alpha value is -1.39. The van der Waals surface area contributed by atoms with Gasteiger partial charge in [0.1, 0.15) is 5.82 Å². The number of halogens is 2. The molecule has 5 heteroatoms. The van der Waals surface area contributed by atoms with Crippen LogP contribution in [0, 0.1) is 5.82 Å². The summed E-state index contributed by atoms with van der Waals surface area (Å²) >= 11 is 5.62. The summed E-state index contributed by atoms with van der Waals surface area (Å²) in [5.41, 5.74) is 1.43. The summed E-state index contributed by atoms with van der Waals surface area (Å²) in [5, 5.41) is 14.4. The Morgan fingerprint density at radius 2 is 2.16 bits per heavy atom. The van der Waals surface area contributed by atoms with Crippen molar-refractivity contribution in [1.82, 2.24) is 9.78 Å². The van der Waals surface area contributed by atoms with Gasteiger partial charge in [-0.15, -0.1) is 0 Å². The molecule has 102 valence electrons. The summed E-state index contributed by atoms with van der Waals surface area (Å²) in [4.78, 5) is 0. The number of aliphatic hydroxyl groups excluding tert-OH is 1. The number of aromatic nitrogens is 2. The van der Waals surface area contributed by atoms with Crippen molar-refractivity contribution in [2.45, 2.75) is 32.4 Å². The van der Waals surface area contributed by atoms with Gasteiger partial charge in [0.2, 0.25) is 0 Å². The fraction of sp³-hybridized carbons (Fsp3) is 0.357. The topological polar surface area (TPSA) is 38.0 Å². The lowest BCUT2D eigenvalue weighted by molar-refractivity contribution is 0.178. The number of benzene rings is 1. The van der Waals surface area contributed by atoms with Crippen LogP contribution in [0.3, 0.4) is 0 Å². The standard InChI is InChI=1S/C14H16ClFN2O/c1-9(2)18-8-11(7-17-18)14(19)6-10-3-4-12(15)13(16)5-10/h3-5,7-9,14,19H,6H2,1-2H3. The molecular formula is C14H16ClFN2O. The lowest BCUT2D eigenvalue weighted by Crippen LogP contribution is -2.02. The van der Waals surface area contributed by atoms with Crippen molar-refractivity contribution in [2.24, 2.45) is 0 Å². The van der Waals surface area contributed by atoms with Crippen LogP contribution in [0.25, 0.3) is 0 Å². The zero-order chi connectivity index (χ0) is 14.0. The number of nitrogens with zero attached hydrogens (tertiary/aromatic N) is 2. The Kier molecular flexibility index (Phi) is 4.22. The molecule has 0 aliphatic carbocycles. The van der Waals surface area contributed by atoms with Gasteiger partial charge < -0.3 is 5.11 Å². The number of hydrogen-bond donors (Lipinski definition) is 1. The molecule has 19 heavy (non-hydrogen) atoms. The lowest BCUT2D eigenvalue weighted by atomic mass is 10.0. The molecule has 1 aromatic heterocycles. The fourth-order valence-electron chi connectivity index (χ4n) is 1.81. The van der Waals surface area contributed by atoms with E-state index in [1.165, 1.54) is 12.1 Å². The normalized spacial score (nSPS) is 12.9. The summed E-state index contributed by atoms with van der Waals surface area (Å²) in [7, 11) is 0. The highest BCUT2D eigenvalue weighted by atomic mass is 35.5. The maximum atomic E-state index is 13.3. The Morgan fingerprint density at radius 1 is 1.42 bits per heavy atom. The first-order chi connectivity index (χ1) is 8.97. The third-order valence-corrected chi connectivity index (χ3v) is 3.25. The van der Waals surface area contributed by atoms with E-state index in [2.05, 4.69) is 5.10 Å². The van der Waals surface area contributed by atoms with Gasteiger partial charge in [0.25, 0.3) is 0 Å². The van der Waals surface area contributed by atoms with Crippen LogP contribution in [0.15, 0.2) is 30.6 Å². The van der Waals surface area contributed by atoms with Crippen LogP contribution in [0.1, 0.15) is 37.1 Å². The third-order valence-electron chi connectivity index (χ3n) is 2.95. The summed E-state index contributed by atoms with van der Waals surface area (Å²) in [6.07, 6.45) is 3.07. The van der Waals surface area contributed by atoms with Crippen LogP contribution in [0.4, 0.5) is 4.39 Å². The van der Waals surface area contributed by atoms with Gasteiger partial charge in [0.05, 0.1) is 17.3 Å². The molecule has 0 aliphatic rings. The maximum Gasteiger partial charge on any atom is 0.142 e. The lowest BCUT2D eigenvalue weighted by Gasteiger charge is -2.09. The van der Waals surface area contributed by atoms with Crippen molar-refractivity contribution in [3.8, 4) is 0 Å². The average Bonchev–Trinajstić information content (AvgIpc) is 2.83. The predicted octanol–water partition coefficient (Wildman–Crippen LogP) is 3.53. The molecule has 1 unspecified atom stereocenters. The second-order valence-electron chi connectivity index (χ2n) is 4.82. The molecule has 0 fully saturated rings. The molecule has 0 aliphatic heterocycles. The summed E-state index contributed by atoms with van der Waals surface area (Å²) in [6.45, 7) is 4.02. The Morgan fingerprint density at radius 3 is 2.74 bits per heavy atom. The van der Waals surface area contributed by atoms with E-state index in [9.17, 15) is 9.50 Å². The molecule has 0 saturated heterocycles. The highest BCUT2D eigenvalue weighted by Crippen LogP contribution is 2.22. The van der Waals surface area contributed by atoms with Crippen molar-refractivity contribution in [3.05, 3.63) is 52.6 Å². The van der Waals surface area contributed by atoms with Crippen molar-refractivity contribution < 1.29 is 9.50 Å². The van der Waals surface area contributed by atoms with E-state index in [1.807, 2.05) is 20.0 Å². The molecule has 3 nitrogen and oxygen atoms in total. The number of hydrogen-bond acceptors (Lipinski definition) is 2. The average molecular weight is 283 g/mol. The molecule has 0 bridgehead atoms. The highest BCUT2D eigenvalue weighted by molar-refractivity contribution is 6.30. The zero-order valence-corrected chi connectivity index (χ0v) is 11.6. The van der Waals surface area contributed by atoms with Crippen LogP contribution < -0.4 is 0 Å². The largest absolute Gasteiger partial charge is 0.388 e. The molecule has 0 radical (unpaired) electrons. The molecule has 2 rings (SSSR count). The third kappa shape index (κ3) is 3.33. The highest BCUT2D eigenvalue weighted by Gasteiger charge is 2.13.